The number of nitrogens with zero attached hydrogens (tertiary/aromatic N) is 1. The molecule has 16 heavy (non-hydrogen) atoms. The number of hydrogen-bond acceptors (Lipinski definition) is 3. The first kappa shape index (κ1) is 11.1. The zero-order valence-corrected chi connectivity index (χ0v) is 9.04. The third-order valence-electron chi connectivity index (χ3n) is 3.01. The van der Waals surface area contributed by atoms with Crippen molar-refractivity contribution in [2.24, 2.45) is 11.7 Å². The van der Waals surface area contributed by atoms with E-state index in [0.717, 1.165) is 6.54 Å². The molecule has 4 heteroatoms. The lowest BCUT2D eigenvalue weighted by Gasteiger charge is -2.14. The summed E-state index contributed by atoms with van der Waals surface area (Å²) < 4.78 is 0. The molecular formula is C12H16N2O2. The van der Waals surface area contributed by atoms with Gasteiger partial charge in [0.25, 0.3) is 0 Å². The number of rotatable bonds is 3. The van der Waals surface area contributed by atoms with E-state index < -0.39 is 11.9 Å². The Morgan fingerprint density at radius 2 is 2.06 bits per heavy atom. The van der Waals surface area contributed by atoms with Crippen molar-refractivity contribution in [2.45, 2.75) is 12.6 Å². The van der Waals surface area contributed by atoms with Gasteiger partial charge in [-0.05, 0) is 5.56 Å². The number of carboxylic acid groups (broad SMARTS) is 1. The number of hydrogen-bond donors (Lipinski definition) is 2. The number of likely N-dealkylation sites (tertiary alicyclic amines) is 1. The second kappa shape index (κ2) is 4.63. The van der Waals surface area contributed by atoms with Gasteiger partial charge in [0.2, 0.25) is 0 Å². The van der Waals surface area contributed by atoms with Gasteiger partial charge in [0.15, 0.2) is 0 Å². The fraction of sp³-hybridized carbons (Fsp3) is 0.417. The summed E-state index contributed by atoms with van der Waals surface area (Å²) in [6.45, 7) is 1.98. The second-order valence-electron chi connectivity index (χ2n) is 4.29. The largest absolute Gasteiger partial charge is 0.481 e. The molecule has 86 valence electrons. The van der Waals surface area contributed by atoms with Crippen molar-refractivity contribution in [3.05, 3.63) is 35.9 Å². The van der Waals surface area contributed by atoms with E-state index >= 15 is 0 Å². The van der Waals surface area contributed by atoms with Gasteiger partial charge < -0.3 is 10.8 Å². The lowest BCUT2D eigenvalue weighted by molar-refractivity contribution is -0.141. The number of carbonyl (C=O) groups is 1. The molecule has 0 spiro atoms. The van der Waals surface area contributed by atoms with Crippen molar-refractivity contribution in [1.82, 2.24) is 4.90 Å². The Labute approximate surface area is 94.7 Å². The van der Waals surface area contributed by atoms with E-state index in [9.17, 15) is 4.79 Å². The van der Waals surface area contributed by atoms with E-state index in [-0.39, 0.29) is 6.04 Å². The monoisotopic (exact) mass is 220 g/mol. The summed E-state index contributed by atoms with van der Waals surface area (Å²) in [4.78, 5) is 13.0. The fourth-order valence-electron chi connectivity index (χ4n) is 2.15. The summed E-state index contributed by atoms with van der Waals surface area (Å²) in [5.41, 5.74) is 7.00. The number of aliphatic carboxylic acids is 1. The minimum absolute atomic E-state index is 0.249. The van der Waals surface area contributed by atoms with Crippen molar-refractivity contribution in [2.75, 3.05) is 13.1 Å². The Morgan fingerprint density at radius 1 is 1.38 bits per heavy atom. The van der Waals surface area contributed by atoms with Crippen LogP contribution in [0.15, 0.2) is 30.3 Å². The summed E-state index contributed by atoms with van der Waals surface area (Å²) in [6.07, 6.45) is 0. The molecule has 1 heterocycles. The normalized spacial score (nSPS) is 25.8. The van der Waals surface area contributed by atoms with Crippen LogP contribution >= 0.6 is 0 Å². The maximum absolute atomic E-state index is 10.9. The van der Waals surface area contributed by atoms with Crippen LogP contribution in [0, 0.1) is 5.92 Å². The SMILES string of the molecule is N[C@@H]1CN(Cc2ccccc2)C[C@H]1C(=O)O. The lowest BCUT2D eigenvalue weighted by Crippen LogP contribution is -2.33. The topological polar surface area (TPSA) is 66.6 Å². The number of carboxylic acids is 1. The Morgan fingerprint density at radius 3 is 2.62 bits per heavy atom. The molecule has 0 saturated carbocycles. The minimum atomic E-state index is -0.789. The van der Waals surface area contributed by atoms with Gasteiger partial charge in [-0.1, -0.05) is 30.3 Å². The molecule has 1 fully saturated rings. The van der Waals surface area contributed by atoms with Crippen LogP contribution in [0.2, 0.25) is 0 Å². The molecule has 0 radical (unpaired) electrons. The van der Waals surface area contributed by atoms with Gasteiger partial charge in [-0.3, -0.25) is 9.69 Å². The smallest absolute Gasteiger partial charge is 0.309 e. The summed E-state index contributed by atoms with van der Waals surface area (Å²) in [5, 5.41) is 8.96. The minimum Gasteiger partial charge on any atom is -0.481 e. The molecule has 0 unspecified atom stereocenters. The first-order valence-electron chi connectivity index (χ1n) is 5.41. The Kier molecular flexibility index (Phi) is 3.22. The Hall–Kier alpha value is -1.39. The van der Waals surface area contributed by atoms with Gasteiger partial charge in [-0.15, -0.1) is 0 Å². The second-order valence-corrected chi connectivity index (χ2v) is 4.29. The summed E-state index contributed by atoms with van der Waals surface area (Å²) in [7, 11) is 0. The molecule has 2 atom stereocenters. The zero-order chi connectivity index (χ0) is 11.5. The molecule has 4 nitrogen and oxygen atoms in total. The third-order valence-corrected chi connectivity index (χ3v) is 3.01. The highest BCUT2D eigenvalue weighted by Crippen LogP contribution is 2.18. The van der Waals surface area contributed by atoms with E-state index in [4.69, 9.17) is 10.8 Å². The average Bonchev–Trinajstić information content (AvgIpc) is 2.61. The summed E-state index contributed by atoms with van der Waals surface area (Å²) in [6, 6.07) is 9.78. The van der Waals surface area contributed by atoms with Crippen molar-refractivity contribution < 1.29 is 9.90 Å². The molecule has 0 amide bonds. The molecule has 3 N–H and O–H groups in total. The van der Waals surface area contributed by atoms with Crippen molar-refractivity contribution >= 4 is 5.97 Å². The zero-order valence-electron chi connectivity index (χ0n) is 9.04. The quantitative estimate of drug-likeness (QED) is 0.779. The molecule has 1 aliphatic heterocycles. The highest BCUT2D eigenvalue weighted by atomic mass is 16.4. The first-order chi connectivity index (χ1) is 7.66. The third kappa shape index (κ3) is 2.40. The predicted molar refractivity (Wildman–Crippen MR) is 60.8 cm³/mol. The van der Waals surface area contributed by atoms with Gasteiger partial charge >= 0.3 is 5.97 Å². The van der Waals surface area contributed by atoms with Crippen LogP contribution in [0.3, 0.4) is 0 Å². The molecule has 1 aromatic carbocycles. The maximum Gasteiger partial charge on any atom is 0.309 e. The van der Waals surface area contributed by atoms with E-state index in [0.29, 0.717) is 13.1 Å². The summed E-state index contributed by atoms with van der Waals surface area (Å²) >= 11 is 0. The first-order valence-corrected chi connectivity index (χ1v) is 5.41. The summed E-state index contributed by atoms with van der Waals surface area (Å²) in [5.74, 6) is -1.22. The molecule has 1 saturated heterocycles. The van der Waals surface area contributed by atoms with Gasteiger partial charge in [-0.2, -0.15) is 0 Å². The number of nitrogens with two attached hydrogens (primary N) is 1. The molecule has 0 aromatic heterocycles. The van der Waals surface area contributed by atoms with Crippen LogP contribution in [0.5, 0.6) is 0 Å². The highest BCUT2D eigenvalue weighted by molar-refractivity contribution is 5.71. The van der Waals surface area contributed by atoms with Crippen molar-refractivity contribution in [1.29, 1.82) is 0 Å². The predicted octanol–water partition coefficient (Wildman–Crippen LogP) is 0.530. The highest BCUT2D eigenvalue weighted by Gasteiger charge is 2.34. The molecule has 0 bridgehead atoms. The Bertz CT molecular complexity index is 367. The van der Waals surface area contributed by atoms with E-state index in [1.165, 1.54) is 5.56 Å². The standard InChI is InChI=1S/C12H16N2O2/c13-11-8-14(7-10(11)12(15)16)6-9-4-2-1-3-5-9/h1-5,10-11H,6-8,13H2,(H,15,16)/t10-,11-/m1/s1. The van der Waals surface area contributed by atoms with Crippen LogP contribution in [0.1, 0.15) is 5.56 Å². The fourth-order valence-corrected chi connectivity index (χ4v) is 2.15. The van der Waals surface area contributed by atoms with E-state index in [2.05, 4.69) is 4.90 Å². The van der Waals surface area contributed by atoms with Crippen molar-refractivity contribution in [3.8, 4) is 0 Å². The van der Waals surface area contributed by atoms with Crippen LogP contribution < -0.4 is 5.73 Å². The van der Waals surface area contributed by atoms with Crippen LogP contribution in [-0.4, -0.2) is 35.1 Å². The molecule has 1 aromatic rings. The van der Waals surface area contributed by atoms with Gasteiger partial charge in [0, 0.05) is 25.7 Å². The van der Waals surface area contributed by atoms with Crippen LogP contribution in [0.25, 0.3) is 0 Å². The lowest BCUT2D eigenvalue weighted by atomic mass is 10.1. The van der Waals surface area contributed by atoms with Gasteiger partial charge in [-0.25, -0.2) is 0 Å². The molecular weight excluding hydrogens is 204 g/mol. The van der Waals surface area contributed by atoms with Crippen LogP contribution in [0.4, 0.5) is 0 Å². The van der Waals surface area contributed by atoms with E-state index in [1.54, 1.807) is 0 Å². The van der Waals surface area contributed by atoms with Crippen molar-refractivity contribution in [3.63, 3.8) is 0 Å². The van der Waals surface area contributed by atoms with Gasteiger partial charge in [0.05, 0.1) is 5.92 Å². The van der Waals surface area contributed by atoms with Gasteiger partial charge in [0.1, 0.15) is 0 Å². The molecule has 2 rings (SSSR count). The maximum atomic E-state index is 10.9. The van der Waals surface area contributed by atoms with Crippen LogP contribution in [-0.2, 0) is 11.3 Å². The number of benzene rings is 1. The molecule has 0 aliphatic carbocycles. The molecule has 1 aliphatic rings. The Balaban J connectivity index is 1.96. The average molecular weight is 220 g/mol. The van der Waals surface area contributed by atoms with E-state index in [1.807, 2.05) is 30.3 Å².